The van der Waals surface area contributed by atoms with Crippen molar-refractivity contribution in [3.05, 3.63) is 48.6 Å². The summed E-state index contributed by atoms with van der Waals surface area (Å²) in [6.07, 6.45) is 29.3. The second kappa shape index (κ2) is 20.5. The number of carbonyl (C=O) groups is 1. The van der Waals surface area contributed by atoms with Gasteiger partial charge in [0.25, 0.3) is 0 Å². The number of hydrogen-bond acceptors (Lipinski definition) is 1. The standard InChI is InChI=1S/C6H9Cl.C6H8O2.2C5H8.2Fe/c7-5-6-3-1-2-4-6;7-6(8)5-3-1-2-4-5;2*1-2-4-5-3-1;;/h1,3,6H,2,4-5H2;1,3,5H,2,4H2,(H,7,8);2*1-2H,3-5H2;;/t6-;5-;;;;/m11..../s1. The second-order valence-electron chi connectivity index (χ2n) is 6.67. The number of rotatable bonds is 2. The van der Waals surface area contributed by atoms with E-state index in [-0.39, 0.29) is 40.1 Å². The summed E-state index contributed by atoms with van der Waals surface area (Å²) < 4.78 is 0. The van der Waals surface area contributed by atoms with Crippen LogP contribution in [-0.4, -0.2) is 17.0 Å². The fourth-order valence-electron chi connectivity index (χ4n) is 2.84. The molecule has 2 nitrogen and oxygen atoms in total. The van der Waals surface area contributed by atoms with E-state index < -0.39 is 5.97 Å². The van der Waals surface area contributed by atoms with Crippen LogP contribution < -0.4 is 0 Å². The molecule has 0 unspecified atom stereocenters. The quantitative estimate of drug-likeness (QED) is 0.274. The third-order valence-corrected chi connectivity index (χ3v) is 4.85. The van der Waals surface area contributed by atoms with E-state index in [2.05, 4.69) is 36.5 Å². The summed E-state index contributed by atoms with van der Waals surface area (Å²) in [5.74, 6) is 0.590. The number of aliphatic carboxylic acids is 1. The Morgan fingerprint density at radius 3 is 1.44 bits per heavy atom. The zero-order valence-corrected chi connectivity index (χ0v) is 19.0. The topological polar surface area (TPSA) is 37.3 Å². The smallest absolute Gasteiger partial charge is 0.310 e. The van der Waals surface area contributed by atoms with Gasteiger partial charge in [0.1, 0.15) is 0 Å². The Labute approximate surface area is 191 Å². The van der Waals surface area contributed by atoms with Crippen LogP contribution in [0.1, 0.15) is 64.2 Å². The van der Waals surface area contributed by atoms with Crippen molar-refractivity contribution < 1.29 is 44.0 Å². The van der Waals surface area contributed by atoms with Gasteiger partial charge in [0.15, 0.2) is 0 Å². The number of carboxylic acids is 1. The molecular weight excluding hydrogens is 443 g/mol. The first kappa shape index (κ1) is 29.0. The van der Waals surface area contributed by atoms with Crippen molar-refractivity contribution in [2.24, 2.45) is 11.8 Å². The van der Waals surface area contributed by atoms with Gasteiger partial charge in [-0.15, -0.1) is 11.6 Å². The molecule has 2 atom stereocenters. The van der Waals surface area contributed by atoms with Crippen molar-refractivity contribution in [3.63, 3.8) is 0 Å². The molecule has 4 aliphatic rings. The van der Waals surface area contributed by atoms with Crippen LogP contribution in [0.2, 0.25) is 0 Å². The van der Waals surface area contributed by atoms with Crippen LogP contribution in [0, 0.1) is 11.8 Å². The summed E-state index contributed by atoms with van der Waals surface area (Å²) >= 11 is 5.56. The van der Waals surface area contributed by atoms with Gasteiger partial charge in [-0.3, -0.25) is 4.79 Å². The Hall–Kier alpha value is -0.241. The van der Waals surface area contributed by atoms with E-state index >= 15 is 0 Å². The zero-order chi connectivity index (χ0) is 18.2. The van der Waals surface area contributed by atoms with E-state index in [0.717, 1.165) is 18.7 Å². The maximum absolute atomic E-state index is 10.2. The molecule has 27 heavy (non-hydrogen) atoms. The first-order valence-electron chi connectivity index (χ1n) is 9.66. The average Bonchev–Trinajstić information content (AvgIpc) is 3.48. The fraction of sp³-hybridized carbons (Fsp3) is 0.591. The first-order chi connectivity index (χ1) is 12.2. The van der Waals surface area contributed by atoms with Crippen molar-refractivity contribution in [1.82, 2.24) is 0 Å². The van der Waals surface area contributed by atoms with Gasteiger partial charge in [0.2, 0.25) is 0 Å². The molecular formula is C22H33ClFe2O2. The summed E-state index contributed by atoms with van der Waals surface area (Å²) in [5, 5.41) is 8.36. The van der Waals surface area contributed by atoms with E-state index in [1.54, 1.807) is 6.08 Å². The minimum atomic E-state index is -0.696. The monoisotopic (exact) mass is 476 g/mol. The maximum Gasteiger partial charge on any atom is 0.310 e. The molecule has 0 heterocycles. The zero-order valence-electron chi connectivity index (χ0n) is 16.0. The van der Waals surface area contributed by atoms with Gasteiger partial charge >= 0.3 is 5.97 Å². The summed E-state index contributed by atoms with van der Waals surface area (Å²) in [5.41, 5.74) is 0. The van der Waals surface area contributed by atoms with Crippen molar-refractivity contribution >= 4 is 17.6 Å². The Morgan fingerprint density at radius 1 is 0.778 bits per heavy atom. The van der Waals surface area contributed by atoms with Crippen LogP contribution in [0.3, 0.4) is 0 Å². The molecule has 0 saturated carbocycles. The van der Waals surface area contributed by atoms with Crippen molar-refractivity contribution in [2.45, 2.75) is 64.2 Å². The maximum atomic E-state index is 10.2. The molecule has 0 aromatic carbocycles. The SMILES string of the molecule is C1=CCCC1.C1=CCCC1.ClC[C@@H]1C=CCC1.O=C(O)[C@@H]1C=CCC1.[Fe].[Fe]. The number of alkyl halides is 1. The molecule has 0 fully saturated rings. The third-order valence-electron chi connectivity index (χ3n) is 4.46. The van der Waals surface area contributed by atoms with Crippen LogP contribution in [0.25, 0.3) is 0 Å². The molecule has 0 aliphatic heterocycles. The largest absolute Gasteiger partial charge is 0.481 e. The third kappa shape index (κ3) is 16.4. The number of halogens is 1. The summed E-state index contributed by atoms with van der Waals surface area (Å²) in [7, 11) is 0. The molecule has 0 amide bonds. The van der Waals surface area contributed by atoms with Gasteiger partial charge in [-0.2, -0.15) is 0 Å². The minimum Gasteiger partial charge on any atom is -0.481 e. The van der Waals surface area contributed by atoms with E-state index in [4.69, 9.17) is 16.7 Å². The normalized spacial score (nSPS) is 23.0. The Balaban J connectivity index is 0. The molecule has 156 valence electrons. The van der Waals surface area contributed by atoms with Gasteiger partial charge in [-0.25, -0.2) is 0 Å². The van der Waals surface area contributed by atoms with Crippen LogP contribution >= 0.6 is 11.6 Å². The Morgan fingerprint density at radius 2 is 1.26 bits per heavy atom. The van der Waals surface area contributed by atoms with Crippen LogP contribution in [0.5, 0.6) is 0 Å². The molecule has 1 N–H and O–H groups in total. The first-order valence-corrected chi connectivity index (χ1v) is 10.2. The predicted molar refractivity (Wildman–Crippen MR) is 108 cm³/mol. The molecule has 0 saturated heterocycles. The van der Waals surface area contributed by atoms with E-state index in [9.17, 15) is 4.79 Å². The van der Waals surface area contributed by atoms with Gasteiger partial charge in [0.05, 0.1) is 5.92 Å². The van der Waals surface area contributed by atoms with Gasteiger partial charge in [-0.05, 0) is 70.1 Å². The summed E-state index contributed by atoms with van der Waals surface area (Å²) in [6.45, 7) is 0. The van der Waals surface area contributed by atoms with Gasteiger partial charge in [-0.1, -0.05) is 48.6 Å². The van der Waals surface area contributed by atoms with Gasteiger partial charge in [0, 0.05) is 40.0 Å². The molecule has 4 aliphatic carbocycles. The van der Waals surface area contributed by atoms with Crippen molar-refractivity contribution in [2.75, 3.05) is 5.88 Å². The average molecular weight is 477 g/mol. The number of carboxylic acid groups (broad SMARTS) is 1. The molecule has 0 radical (unpaired) electrons. The Bertz CT molecular complexity index is 445. The Kier molecular flexibility index (Phi) is 22.0. The minimum absolute atomic E-state index is 0. The number of allylic oxidation sites excluding steroid dienone is 7. The van der Waals surface area contributed by atoms with Crippen LogP contribution in [-0.2, 0) is 38.9 Å². The van der Waals surface area contributed by atoms with Crippen LogP contribution in [0.15, 0.2) is 48.6 Å². The van der Waals surface area contributed by atoms with Crippen molar-refractivity contribution in [3.8, 4) is 0 Å². The second-order valence-corrected chi connectivity index (χ2v) is 6.98. The van der Waals surface area contributed by atoms with Crippen molar-refractivity contribution in [1.29, 1.82) is 0 Å². The molecule has 0 spiro atoms. The van der Waals surface area contributed by atoms with Crippen LogP contribution in [0.4, 0.5) is 0 Å². The predicted octanol–water partition coefficient (Wildman–Crippen LogP) is 6.68. The fourth-order valence-corrected chi connectivity index (χ4v) is 3.10. The number of hydrogen-bond donors (Lipinski definition) is 1. The molecule has 5 heteroatoms. The molecule has 0 aromatic heterocycles. The molecule has 4 rings (SSSR count). The summed E-state index contributed by atoms with van der Waals surface area (Å²) in [4.78, 5) is 10.2. The summed E-state index contributed by atoms with van der Waals surface area (Å²) in [6, 6.07) is 0. The van der Waals surface area contributed by atoms with Gasteiger partial charge < -0.3 is 5.11 Å². The van der Waals surface area contributed by atoms with E-state index in [0.29, 0.717) is 5.92 Å². The molecule has 0 bridgehead atoms. The van der Waals surface area contributed by atoms with E-state index in [1.807, 2.05) is 6.08 Å². The molecule has 0 aromatic rings. The van der Waals surface area contributed by atoms with E-state index in [1.165, 1.54) is 51.4 Å².